The predicted molar refractivity (Wildman–Crippen MR) is 270 cm³/mol. The first kappa shape index (κ1) is 49.7. The van der Waals surface area contributed by atoms with Crippen LogP contribution in [-0.4, -0.2) is 112 Å². The maximum Gasteiger partial charge on any atom is 0.324 e. The number of halogens is 1. The minimum absolute atomic E-state index is 0. The molecule has 2 N–H and O–H groups in total. The number of aromatic nitrogens is 3. The highest BCUT2D eigenvalue weighted by Gasteiger charge is 2.39. The van der Waals surface area contributed by atoms with Crippen LogP contribution in [0.3, 0.4) is 0 Å². The van der Waals surface area contributed by atoms with E-state index in [1.165, 1.54) is 27.3 Å². The molecule has 0 unspecified atom stereocenters. The average molecular weight is 967 g/mol. The van der Waals surface area contributed by atoms with Gasteiger partial charge < -0.3 is 29.2 Å². The van der Waals surface area contributed by atoms with E-state index in [1.54, 1.807) is 37.4 Å². The number of thiazole rings is 1. The number of hydrogen-bond acceptors (Lipinski definition) is 10. The Balaban J connectivity index is 0.00000413. The summed E-state index contributed by atoms with van der Waals surface area (Å²) in [6.45, 7) is 14.0. The van der Waals surface area contributed by atoms with Crippen LogP contribution in [0.15, 0.2) is 66.2 Å². The van der Waals surface area contributed by atoms with E-state index in [4.69, 9.17) is 19.4 Å². The normalized spacial score (nSPS) is 21.0. The minimum atomic E-state index is -1.09. The number of likely N-dealkylation sites (tertiary alicyclic amines) is 1. The number of benzene rings is 2. The summed E-state index contributed by atoms with van der Waals surface area (Å²) in [5.41, 5.74) is 9.85. The highest BCUT2D eigenvalue weighted by atomic mass is 32.1. The number of nitrogens with one attached hydrogen (secondary N) is 2. The molecular formula is C53H71FN8O6S. The van der Waals surface area contributed by atoms with Crippen molar-refractivity contribution < 1.29 is 35.9 Å². The highest BCUT2D eigenvalue weighted by molar-refractivity contribution is 7.10. The summed E-state index contributed by atoms with van der Waals surface area (Å²) in [6, 6.07) is 14.0. The maximum atomic E-state index is 15.0. The number of likely N-dealkylation sites (N-methyl/N-ethyl adjacent to an activating group) is 1. The zero-order chi connectivity index (χ0) is 49.1. The molecule has 0 saturated carbocycles. The summed E-state index contributed by atoms with van der Waals surface area (Å²) < 4.78 is 29.2. The first-order valence-corrected chi connectivity index (χ1v) is 25.4. The smallest absolute Gasteiger partial charge is 0.324 e. The van der Waals surface area contributed by atoms with Crippen LogP contribution in [0.25, 0.3) is 33.4 Å². The van der Waals surface area contributed by atoms with Crippen LogP contribution in [0.2, 0.25) is 0 Å². The number of aryl methyl sites for hydroxylation is 1. The van der Waals surface area contributed by atoms with E-state index < -0.39 is 41.3 Å². The van der Waals surface area contributed by atoms with E-state index in [1.807, 2.05) is 38.3 Å². The van der Waals surface area contributed by atoms with Crippen molar-refractivity contribution in [3.8, 4) is 22.5 Å². The molecule has 8 rings (SSSR count). The van der Waals surface area contributed by atoms with Crippen LogP contribution in [0.5, 0.6) is 0 Å². The first-order valence-electron chi connectivity index (χ1n) is 24.5. The van der Waals surface area contributed by atoms with Gasteiger partial charge in [-0.05, 0) is 93.3 Å². The zero-order valence-electron chi connectivity index (χ0n) is 41.2. The number of cyclic esters (lactones) is 1. The van der Waals surface area contributed by atoms with Crippen LogP contribution < -0.4 is 10.7 Å². The van der Waals surface area contributed by atoms with E-state index in [-0.39, 0.29) is 45.7 Å². The molecule has 69 heavy (non-hydrogen) atoms. The molecule has 14 nitrogen and oxygen atoms in total. The molecule has 2 saturated heterocycles. The Morgan fingerprint density at radius 1 is 1.07 bits per heavy atom. The molecule has 5 atom stereocenters. The standard InChI is InChI=1S/C53H67FN8O6S.2H2/c1-9-61-44-22-21-34-26-38(44)39(48(61)37-18-14-23-55-46(37)33(4)67-8)28-53(5,6)31-68-51(65)41-20-15-25-62(58-41)50(64)42(27-45-56-43(34)30-69-45)57-49(63)47(32(2)3)59(7)52(66)60-24-13-12-16-35(29-60)36-17-10-11-19-40(36)54;;/h10-11,14,17-19,21-23,26,30,32-33,35,41-42,47,58H,9,12-13,15-16,20,24-25,27-29,31H2,1-8H3,(H,57,63);2*1H/t33-,35-,41-,42-,47-;;/m0../s1. The van der Waals surface area contributed by atoms with Crippen molar-refractivity contribution in [3.63, 3.8) is 0 Å². The number of carbonyl (C=O) groups is 4. The average Bonchev–Trinajstić information content (AvgIpc) is 3.84. The number of nitrogens with zero attached hydrogens (tertiary/aromatic N) is 6. The summed E-state index contributed by atoms with van der Waals surface area (Å²) in [7, 11) is 3.30. The lowest BCUT2D eigenvalue weighted by molar-refractivity contribution is -0.155. The third kappa shape index (κ3) is 10.6. The van der Waals surface area contributed by atoms with Crippen LogP contribution in [-0.2, 0) is 43.2 Å². The SMILES string of the molecule is CCn1c(-c2cccnc2[C@H](C)OC)c2c3cc(ccc31)-c1csc(n1)C[C@H](NC(=O)[C@H](C(C)C)N(C)C(=O)N1CCCC[C@H](c3ccccc3F)C1)C(=O)N1CCC[C@H](N1)C(=O)OCC(C)(C)C2.[HH].[HH]. The van der Waals surface area contributed by atoms with Crippen molar-refractivity contribution in [1.29, 1.82) is 0 Å². The van der Waals surface area contributed by atoms with E-state index in [0.717, 1.165) is 63.9 Å². The van der Waals surface area contributed by atoms with Gasteiger partial charge in [-0.1, -0.05) is 58.4 Å². The van der Waals surface area contributed by atoms with Crippen LogP contribution >= 0.6 is 11.3 Å². The molecule has 0 radical (unpaired) electrons. The number of methoxy groups -OCH3 is 1. The molecule has 16 heteroatoms. The Labute approximate surface area is 411 Å². The van der Waals surface area contributed by atoms with Gasteiger partial charge in [-0.3, -0.25) is 24.4 Å². The predicted octanol–water partition coefficient (Wildman–Crippen LogP) is 9.18. The lowest BCUT2D eigenvalue weighted by Gasteiger charge is -2.37. The molecule has 2 aromatic carbocycles. The van der Waals surface area contributed by atoms with E-state index in [9.17, 15) is 23.6 Å². The monoisotopic (exact) mass is 967 g/mol. The van der Waals surface area contributed by atoms with Crippen molar-refractivity contribution in [2.45, 2.75) is 123 Å². The number of pyridine rings is 1. The van der Waals surface area contributed by atoms with E-state index in [2.05, 4.69) is 60.3 Å². The van der Waals surface area contributed by atoms with Gasteiger partial charge in [-0.15, -0.1) is 11.3 Å². The number of esters is 1. The summed E-state index contributed by atoms with van der Waals surface area (Å²) >= 11 is 1.41. The van der Waals surface area contributed by atoms with Gasteiger partial charge >= 0.3 is 12.0 Å². The van der Waals surface area contributed by atoms with Crippen LogP contribution in [0.1, 0.15) is 110 Å². The van der Waals surface area contributed by atoms with Gasteiger partial charge in [0.1, 0.15) is 23.9 Å². The van der Waals surface area contributed by atoms with Crippen molar-refractivity contribution >= 4 is 46.1 Å². The molecule has 372 valence electrons. The minimum Gasteiger partial charge on any atom is -0.464 e. The molecule has 3 aliphatic rings. The summed E-state index contributed by atoms with van der Waals surface area (Å²) in [6.07, 6.45) is 5.52. The third-order valence-corrected chi connectivity index (χ3v) is 14.9. The molecule has 3 aromatic heterocycles. The number of amides is 4. The van der Waals surface area contributed by atoms with Gasteiger partial charge in [0, 0.05) is 94.6 Å². The van der Waals surface area contributed by atoms with Crippen molar-refractivity contribution in [3.05, 3.63) is 93.8 Å². The largest absolute Gasteiger partial charge is 0.464 e. The molecule has 6 heterocycles. The quantitative estimate of drug-likeness (QED) is 0.138. The number of ether oxygens (including phenoxy) is 2. The Bertz CT molecular complexity index is 2700. The summed E-state index contributed by atoms with van der Waals surface area (Å²) in [5.74, 6) is -2.17. The number of rotatable bonds is 9. The second kappa shape index (κ2) is 21.1. The number of hydrogen-bond donors (Lipinski definition) is 2. The van der Waals surface area contributed by atoms with Gasteiger partial charge in [-0.25, -0.2) is 19.6 Å². The fourth-order valence-electron chi connectivity index (χ4n) is 10.5. The van der Waals surface area contributed by atoms with Gasteiger partial charge in [0.05, 0.1) is 34.8 Å². The van der Waals surface area contributed by atoms with Gasteiger partial charge in [0.2, 0.25) is 5.91 Å². The molecule has 3 aliphatic heterocycles. The molecule has 6 bridgehead atoms. The van der Waals surface area contributed by atoms with E-state index >= 15 is 0 Å². The Hall–Kier alpha value is -5.71. The maximum absolute atomic E-state index is 15.0. The lowest BCUT2D eigenvalue weighted by Crippen LogP contribution is -2.62. The Morgan fingerprint density at radius 3 is 2.62 bits per heavy atom. The second-order valence-corrected chi connectivity index (χ2v) is 21.0. The first-order chi connectivity index (χ1) is 33.1. The Morgan fingerprint density at radius 2 is 1.87 bits per heavy atom. The fraction of sp³-hybridized carbons (Fsp3) is 0.509. The molecule has 0 spiro atoms. The molecule has 5 aromatic rings. The van der Waals surface area contributed by atoms with Gasteiger partial charge in [0.25, 0.3) is 5.91 Å². The molecule has 2 fully saturated rings. The molecule has 0 aliphatic carbocycles. The third-order valence-electron chi connectivity index (χ3n) is 14.1. The summed E-state index contributed by atoms with van der Waals surface area (Å²) in [5, 5.41) is 8.14. The van der Waals surface area contributed by atoms with Crippen LogP contribution in [0.4, 0.5) is 9.18 Å². The molecular weight excluding hydrogens is 896 g/mol. The number of urea groups is 1. The van der Waals surface area contributed by atoms with Crippen LogP contribution in [0, 0.1) is 17.2 Å². The van der Waals surface area contributed by atoms with E-state index in [0.29, 0.717) is 56.0 Å². The Kier molecular flexibility index (Phi) is 15.2. The number of hydrazine groups is 1. The van der Waals surface area contributed by atoms with Crippen molar-refractivity contribution in [1.82, 2.24) is 40.1 Å². The van der Waals surface area contributed by atoms with Gasteiger partial charge in [0.15, 0.2) is 0 Å². The van der Waals surface area contributed by atoms with Crippen molar-refractivity contribution in [2.75, 3.05) is 40.4 Å². The molecule has 4 amide bonds. The van der Waals surface area contributed by atoms with Gasteiger partial charge in [-0.2, -0.15) is 0 Å². The fourth-order valence-corrected chi connectivity index (χ4v) is 11.3. The summed E-state index contributed by atoms with van der Waals surface area (Å²) in [4.78, 5) is 70.8. The number of carbonyl (C=O) groups excluding carboxylic acids is 4. The number of fused-ring (bicyclic) bond motifs is 6. The topological polar surface area (TPSA) is 151 Å². The lowest BCUT2D eigenvalue weighted by atomic mass is 9.84. The van der Waals surface area contributed by atoms with Crippen molar-refractivity contribution in [2.24, 2.45) is 11.3 Å². The second-order valence-electron chi connectivity index (χ2n) is 20.0. The highest BCUT2D eigenvalue weighted by Crippen LogP contribution is 2.42. The zero-order valence-corrected chi connectivity index (χ0v) is 42.0.